The maximum Gasteiger partial charge on any atom is 0.257 e. The number of benzene rings is 2. The Bertz CT molecular complexity index is 1010. The van der Waals surface area contributed by atoms with Gasteiger partial charge in [0, 0.05) is 32.9 Å². The van der Waals surface area contributed by atoms with Crippen LogP contribution in [0, 0.1) is 6.92 Å². The summed E-state index contributed by atoms with van der Waals surface area (Å²) >= 11 is 0. The first kappa shape index (κ1) is 21.1. The third kappa shape index (κ3) is 4.38. The van der Waals surface area contributed by atoms with Crippen LogP contribution in [0.4, 0.5) is 11.4 Å². The van der Waals surface area contributed by atoms with Crippen LogP contribution in [-0.4, -0.2) is 52.9 Å². The van der Waals surface area contributed by atoms with Crippen LogP contribution in [-0.2, 0) is 10.0 Å². The predicted molar refractivity (Wildman–Crippen MR) is 114 cm³/mol. The van der Waals surface area contributed by atoms with Gasteiger partial charge in [0.05, 0.1) is 23.3 Å². The van der Waals surface area contributed by atoms with E-state index < -0.39 is 10.0 Å². The molecule has 7 nitrogen and oxygen atoms in total. The van der Waals surface area contributed by atoms with Crippen molar-refractivity contribution in [3.05, 3.63) is 47.5 Å². The van der Waals surface area contributed by atoms with Gasteiger partial charge in [0.1, 0.15) is 5.75 Å². The smallest absolute Gasteiger partial charge is 0.257 e. The number of rotatable bonds is 6. The Morgan fingerprint density at radius 2 is 1.79 bits per heavy atom. The molecule has 0 radical (unpaired) electrons. The zero-order valence-electron chi connectivity index (χ0n) is 17.2. The van der Waals surface area contributed by atoms with Gasteiger partial charge >= 0.3 is 0 Å². The number of sulfonamides is 1. The van der Waals surface area contributed by atoms with E-state index in [-0.39, 0.29) is 10.8 Å². The van der Waals surface area contributed by atoms with Crippen molar-refractivity contribution in [2.45, 2.75) is 24.7 Å². The molecule has 1 N–H and O–H groups in total. The highest BCUT2D eigenvalue weighted by Crippen LogP contribution is 2.31. The zero-order valence-corrected chi connectivity index (χ0v) is 18.0. The summed E-state index contributed by atoms with van der Waals surface area (Å²) in [6.45, 7) is 3.61. The molecule has 0 atom stereocenters. The van der Waals surface area contributed by atoms with Gasteiger partial charge in [0.25, 0.3) is 5.91 Å². The molecule has 0 spiro atoms. The van der Waals surface area contributed by atoms with Crippen LogP contribution in [0.25, 0.3) is 0 Å². The van der Waals surface area contributed by atoms with E-state index in [2.05, 4.69) is 10.2 Å². The fourth-order valence-corrected chi connectivity index (χ4v) is 4.34. The van der Waals surface area contributed by atoms with Crippen LogP contribution in [0.2, 0.25) is 0 Å². The summed E-state index contributed by atoms with van der Waals surface area (Å²) < 4.78 is 31.7. The average molecular weight is 418 g/mol. The van der Waals surface area contributed by atoms with Gasteiger partial charge in [-0.3, -0.25) is 4.79 Å². The Morgan fingerprint density at radius 3 is 2.41 bits per heavy atom. The first-order chi connectivity index (χ1) is 13.7. The summed E-state index contributed by atoms with van der Waals surface area (Å²) in [7, 11) is 0.833. The minimum atomic E-state index is -3.66. The molecule has 1 aliphatic rings. The number of aryl methyl sites for hydroxylation is 1. The van der Waals surface area contributed by atoms with Crippen LogP contribution in [0.15, 0.2) is 41.3 Å². The normalized spacial score (nSPS) is 14.3. The minimum Gasteiger partial charge on any atom is -0.495 e. The van der Waals surface area contributed by atoms with Crippen LogP contribution >= 0.6 is 0 Å². The molecular weight excluding hydrogens is 390 g/mol. The van der Waals surface area contributed by atoms with Crippen molar-refractivity contribution in [2.75, 3.05) is 44.5 Å². The molecule has 1 saturated heterocycles. The van der Waals surface area contributed by atoms with Crippen LogP contribution < -0.4 is 15.0 Å². The summed E-state index contributed by atoms with van der Waals surface area (Å²) in [4.78, 5) is 15.4. The van der Waals surface area contributed by atoms with E-state index >= 15 is 0 Å². The van der Waals surface area contributed by atoms with Gasteiger partial charge in [-0.15, -0.1) is 0 Å². The van der Waals surface area contributed by atoms with Gasteiger partial charge in [-0.05, 0) is 55.7 Å². The van der Waals surface area contributed by atoms with Crippen molar-refractivity contribution in [1.82, 2.24) is 4.31 Å². The van der Waals surface area contributed by atoms with E-state index in [4.69, 9.17) is 4.74 Å². The molecule has 0 bridgehead atoms. The molecular formula is C21H27N3O4S. The Labute approximate surface area is 172 Å². The summed E-state index contributed by atoms with van der Waals surface area (Å²) in [5.74, 6) is 0.176. The van der Waals surface area contributed by atoms with Crippen molar-refractivity contribution in [3.63, 3.8) is 0 Å². The number of ether oxygens (including phenoxy) is 1. The lowest BCUT2D eigenvalue weighted by Crippen LogP contribution is -2.25. The fourth-order valence-electron chi connectivity index (χ4n) is 3.41. The van der Waals surface area contributed by atoms with Crippen molar-refractivity contribution < 1.29 is 17.9 Å². The molecule has 3 rings (SSSR count). The molecule has 1 aliphatic heterocycles. The third-order valence-electron chi connectivity index (χ3n) is 5.04. The Kier molecular flexibility index (Phi) is 6.14. The molecule has 1 fully saturated rings. The second kappa shape index (κ2) is 8.42. The van der Waals surface area contributed by atoms with Gasteiger partial charge in [-0.25, -0.2) is 12.7 Å². The molecule has 0 aromatic heterocycles. The molecule has 8 heteroatoms. The molecule has 29 heavy (non-hydrogen) atoms. The van der Waals surface area contributed by atoms with Gasteiger partial charge < -0.3 is 15.0 Å². The number of amides is 1. The van der Waals surface area contributed by atoms with Crippen molar-refractivity contribution in [2.24, 2.45) is 0 Å². The Hall–Kier alpha value is -2.58. The number of methoxy groups -OCH3 is 1. The number of hydrogen-bond acceptors (Lipinski definition) is 5. The molecule has 1 amide bonds. The van der Waals surface area contributed by atoms with Crippen molar-refractivity contribution in [3.8, 4) is 5.75 Å². The first-order valence-electron chi connectivity index (χ1n) is 9.51. The summed E-state index contributed by atoms with van der Waals surface area (Å²) in [5, 5.41) is 2.89. The second-order valence-electron chi connectivity index (χ2n) is 7.32. The molecule has 1 heterocycles. The topological polar surface area (TPSA) is 78.9 Å². The minimum absolute atomic E-state index is 0.0896. The van der Waals surface area contributed by atoms with Crippen LogP contribution in [0.3, 0.4) is 0 Å². The first-order valence-corrected chi connectivity index (χ1v) is 11.0. The standard InChI is InChI=1S/C21H27N3O4S/c1-15-7-10-20(28-4)18(13-15)22-21(25)17-14-16(29(26,27)23(2)3)8-9-19(17)24-11-5-6-12-24/h7-10,13-14H,5-6,11-12H2,1-4H3,(H,22,25). The van der Waals surface area contributed by atoms with Gasteiger partial charge in [-0.1, -0.05) is 6.07 Å². The third-order valence-corrected chi connectivity index (χ3v) is 6.85. The van der Waals surface area contributed by atoms with E-state index in [1.54, 1.807) is 25.3 Å². The molecule has 2 aromatic carbocycles. The van der Waals surface area contributed by atoms with Crippen molar-refractivity contribution in [1.29, 1.82) is 0 Å². The number of hydrogen-bond donors (Lipinski definition) is 1. The molecule has 0 unspecified atom stereocenters. The van der Waals surface area contributed by atoms with Gasteiger partial charge in [0.15, 0.2) is 0 Å². The molecule has 156 valence electrons. The van der Waals surface area contributed by atoms with E-state index in [1.165, 1.54) is 20.2 Å². The monoisotopic (exact) mass is 417 g/mol. The van der Waals surface area contributed by atoms with E-state index in [0.717, 1.165) is 41.5 Å². The number of carbonyl (C=O) groups excluding carboxylic acids is 1. The van der Waals surface area contributed by atoms with Crippen LogP contribution in [0.1, 0.15) is 28.8 Å². The lowest BCUT2D eigenvalue weighted by molar-refractivity contribution is 0.102. The van der Waals surface area contributed by atoms with Gasteiger partial charge in [-0.2, -0.15) is 0 Å². The lowest BCUT2D eigenvalue weighted by atomic mass is 10.1. The fraction of sp³-hybridized carbons (Fsp3) is 0.381. The molecule has 2 aromatic rings. The lowest BCUT2D eigenvalue weighted by Gasteiger charge is -2.22. The largest absolute Gasteiger partial charge is 0.495 e. The zero-order chi connectivity index (χ0) is 21.2. The van der Waals surface area contributed by atoms with E-state index in [1.807, 2.05) is 19.1 Å². The van der Waals surface area contributed by atoms with E-state index in [9.17, 15) is 13.2 Å². The highest BCUT2D eigenvalue weighted by atomic mass is 32.2. The number of carbonyl (C=O) groups is 1. The van der Waals surface area contributed by atoms with E-state index in [0.29, 0.717) is 17.0 Å². The second-order valence-corrected chi connectivity index (χ2v) is 9.47. The maximum absolute atomic E-state index is 13.2. The predicted octanol–water partition coefficient (Wildman–Crippen LogP) is 3.11. The molecule has 0 aliphatic carbocycles. The highest BCUT2D eigenvalue weighted by Gasteiger charge is 2.25. The van der Waals surface area contributed by atoms with Gasteiger partial charge in [0.2, 0.25) is 10.0 Å². The van der Waals surface area contributed by atoms with Crippen molar-refractivity contribution >= 4 is 27.3 Å². The number of nitrogens with one attached hydrogen (secondary N) is 1. The average Bonchev–Trinajstić information content (AvgIpc) is 3.22. The summed E-state index contributed by atoms with van der Waals surface area (Å²) in [6, 6.07) is 10.3. The molecule has 0 saturated carbocycles. The summed E-state index contributed by atoms with van der Waals surface area (Å²) in [5.41, 5.74) is 2.60. The number of nitrogens with zero attached hydrogens (tertiary/aromatic N) is 2. The highest BCUT2D eigenvalue weighted by molar-refractivity contribution is 7.89. The quantitative estimate of drug-likeness (QED) is 0.781. The Morgan fingerprint density at radius 1 is 1.10 bits per heavy atom. The van der Waals surface area contributed by atoms with Crippen LogP contribution in [0.5, 0.6) is 5.75 Å². The maximum atomic E-state index is 13.2. The number of anilines is 2. The Balaban J connectivity index is 2.05. The SMILES string of the molecule is COc1ccc(C)cc1NC(=O)c1cc(S(=O)(=O)N(C)C)ccc1N1CCCC1. The summed E-state index contributed by atoms with van der Waals surface area (Å²) in [6.07, 6.45) is 2.09.